The first-order chi connectivity index (χ1) is 12.7. The summed E-state index contributed by atoms with van der Waals surface area (Å²) in [5, 5.41) is 12.5. The molecule has 3 rings (SSSR count). The molecule has 1 aliphatic heterocycles. The number of hydrogen-bond acceptors (Lipinski definition) is 4. The van der Waals surface area contributed by atoms with Crippen LogP contribution in [0.25, 0.3) is 11.2 Å². The van der Waals surface area contributed by atoms with Crippen molar-refractivity contribution < 1.29 is 5.11 Å². The van der Waals surface area contributed by atoms with Gasteiger partial charge in [-0.25, -0.2) is 4.98 Å². The average Bonchev–Trinajstić information content (AvgIpc) is 3.04. The smallest absolute Gasteiger partial charge is 0.136 e. The van der Waals surface area contributed by atoms with Gasteiger partial charge in [-0.05, 0) is 60.9 Å². The van der Waals surface area contributed by atoms with Crippen LogP contribution in [0.3, 0.4) is 0 Å². The molecule has 2 aromatic rings. The standard InChI is InChI=1S/C21H24N4O/c1-16(19-5-6-21-24-17(2)14-25(21)15-19)4-3-10-23-20(9-13-26)18-7-11-22-12-8-18/h3-7,9-10,14-15,22,26H,1,8,11-13H2,2H3/b4-3-,20-9-,23-10+. The van der Waals surface area contributed by atoms with E-state index in [1.165, 1.54) is 5.57 Å². The third-order valence-electron chi connectivity index (χ3n) is 4.22. The molecular formula is C21H24N4O. The maximum Gasteiger partial charge on any atom is 0.136 e. The van der Waals surface area contributed by atoms with Crippen molar-refractivity contribution in [2.75, 3.05) is 19.7 Å². The Morgan fingerprint density at radius 3 is 3.08 bits per heavy atom. The molecule has 0 spiro atoms. The summed E-state index contributed by atoms with van der Waals surface area (Å²) in [4.78, 5) is 8.92. The minimum atomic E-state index is -0.0157. The highest BCUT2D eigenvalue weighted by atomic mass is 16.2. The quantitative estimate of drug-likeness (QED) is 0.623. The maximum atomic E-state index is 9.22. The van der Waals surface area contributed by atoms with Gasteiger partial charge in [0.1, 0.15) is 5.65 Å². The molecule has 0 unspecified atom stereocenters. The first-order valence-electron chi connectivity index (χ1n) is 8.74. The summed E-state index contributed by atoms with van der Waals surface area (Å²) in [6.07, 6.45) is 14.4. The van der Waals surface area contributed by atoms with Gasteiger partial charge in [-0.15, -0.1) is 0 Å². The Balaban J connectivity index is 1.69. The number of hydrogen-bond donors (Lipinski definition) is 2. The molecule has 134 valence electrons. The molecule has 2 N–H and O–H groups in total. The first-order valence-corrected chi connectivity index (χ1v) is 8.74. The molecule has 0 saturated carbocycles. The summed E-state index contributed by atoms with van der Waals surface area (Å²) < 4.78 is 2.00. The molecule has 0 fully saturated rings. The highest BCUT2D eigenvalue weighted by molar-refractivity contribution is 5.81. The molecule has 5 heteroatoms. The maximum absolute atomic E-state index is 9.22. The Labute approximate surface area is 153 Å². The minimum Gasteiger partial charge on any atom is -0.392 e. The van der Waals surface area contributed by atoms with Crippen LogP contribution in [-0.2, 0) is 0 Å². The van der Waals surface area contributed by atoms with Gasteiger partial charge in [0.25, 0.3) is 0 Å². The lowest BCUT2D eigenvalue weighted by Crippen LogP contribution is -2.21. The molecule has 0 radical (unpaired) electrons. The predicted molar refractivity (Wildman–Crippen MR) is 107 cm³/mol. The van der Waals surface area contributed by atoms with E-state index in [4.69, 9.17) is 0 Å². The number of aliphatic hydroxyl groups excluding tert-OH is 1. The van der Waals surface area contributed by atoms with Gasteiger partial charge >= 0.3 is 0 Å². The van der Waals surface area contributed by atoms with Crippen molar-refractivity contribution in [2.45, 2.75) is 13.3 Å². The number of pyridine rings is 1. The van der Waals surface area contributed by atoms with Gasteiger partial charge in [-0.3, -0.25) is 4.99 Å². The Hall–Kier alpha value is -2.76. The van der Waals surface area contributed by atoms with Crippen molar-refractivity contribution in [3.63, 3.8) is 0 Å². The predicted octanol–water partition coefficient (Wildman–Crippen LogP) is 3.08. The second-order valence-corrected chi connectivity index (χ2v) is 6.18. The van der Waals surface area contributed by atoms with Gasteiger partial charge in [0.15, 0.2) is 0 Å². The summed E-state index contributed by atoms with van der Waals surface area (Å²) in [5.41, 5.74) is 5.86. The number of imidazole rings is 1. The van der Waals surface area contributed by atoms with Crippen LogP contribution in [0.1, 0.15) is 17.7 Å². The van der Waals surface area contributed by atoms with Gasteiger partial charge in [-0.2, -0.15) is 0 Å². The number of fused-ring (bicyclic) bond motifs is 1. The molecule has 0 saturated heterocycles. The van der Waals surface area contributed by atoms with Crippen LogP contribution in [0, 0.1) is 6.92 Å². The Morgan fingerprint density at radius 2 is 2.31 bits per heavy atom. The summed E-state index contributed by atoms with van der Waals surface area (Å²) in [5.74, 6) is 0. The highest BCUT2D eigenvalue weighted by Gasteiger charge is 2.06. The molecule has 0 bridgehead atoms. The van der Waals surface area contributed by atoms with E-state index in [9.17, 15) is 5.11 Å². The van der Waals surface area contributed by atoms with Gasteiger partial charge in [0.05, 0.1) is 18.0 Å². The molecule has 5 nitrogen and oxygen atoms in total. The van der Waals surface area contributed by atoms with Gasteiger partial charge < -0.3 is 14.8 Å². The number of aliphatic hydroxyl groups is 1. The summed E-state index contributed by atoms with van der Waals surface area (Å²) in [6.45, 7) is 7.87. The third-order valence-corrected chi connectivity index (χ3v) is 4.22. The van der Waals surface area contributed by atoms with Gasteiger partial charge in [0, 0.05) is 25.2 Å². The summed E-state index contributed by atoms with van der Waals surface area (Å²) in [6, 6.07) is 4.00. The largest absolute Gasteiger partial charge is 0.392 e. The summed E-state index contributed by atoms with van der Waals surface area (Å²) >= 11 is 0. The molecule has 0 amide bonds. The molecule has 1 aliphatic rings. The zero-order chi connectivity index (χ0) is 18.4. The Bertz CT molecular complexity index is 915. The topological polar surface area (TPSA) is 61.9 Å². The van der Waals surface area contributed by atoms with Crippen LogP contribution >= 0.6 is 0 Å². The van der Waals surface area contributed by atoms with Crippen LogP contribution in [0.15, 0.2) is 71.7 Å². The number of nitrogens with zero attached hydrogens (tertiary/aromatic N) is 3. The van der Waals surface area contributed by atoms with E-state index in [2.05, 4.69) is 27.9 Å². The highest BCUT2D eigenvalue weighted by Crippen LogP contribution is 2.18. The van der Waals surface area contributed by atoms with Gasteiger partial charge in [0.2, 0.25) is 0 Å². The monoisotopic (exact) mass is 348 g/mol. The van der Waals surface area contributed by atoms with Crippen molar-refractivity contribution in [1.82, 2.24) is 14.7 Å². The number of allylic oxidation sites excluding steroid dienone is 4. The van der Waals surface area contributed by atoms with Crippen molar-refractivity contribution in [2.24, 2.45) is 4.99 Å². The molecule has 2 aromatic heterocycles. The number of aliphatic imine (C=N–C) groups is 1. The molecule has 0 atom stereocenters. The SMILES string of the molecule is C=C(\C=C/C=N/C(=C\CO)C1=CCNCC1)c1ccc2nc(C)cn2c1. The number of rotatable bonds is 6. The summed E-state index contributed by atoms with van der Waals surface area (Å²) in [7, 11) is 0. The molecule has 0 aromatic carbocycles. The van der Waals surface area contributed by atoms with Crippen molar-refractivity contribution in [3.8, 4) is 0 Å². The fraction of sp³-hybridized carbons (Fsp3) is 0.238. The third kappa shape index (κ3) is 4.45. The van der Waals surface area contributed by atoms with E-state index in [-0.39, 0.29) is 6.61 Å². The first kappa shape index (κ1) is 18.0. The van der Waals surface area contributed by atoms with Crippen LogP contribution in [0.4, 0.5) is 0 Å². The number of aryl methyl sites for hydroxylation is 1. The van der Waals surface area contributed by atoms with Crippen LogP contribution < -0.4 is 5.32 Å². The van der Waals surface area contributed by atoms with Crippen molar-refractivity contribution >= 4 is 17.4 Å². The molecular weight excluding hydrogens is 324 g/mol. The Morgan fingerprint density at radius 1 is 1.42 bits per heavy atom. The van der Waals surface area contributed by atoms with E-state index >= 15 is 0 Å². The average molecular weight is 348 g/mol. The normalized spacial score (nSPS) is 15.9. The lowest BCUT2D eigenvalue weighted by molar-refractivity contribution is 0.342. The van der Waals surface area contributed by atoms with E-state index in [1.54, 1.807) is 12.3 Å². The zero-order valence-electron chi connectivity index (χ0n) is 15.0. The fourth-order valence-electron chi connectivity index (χ4n) is 2.90. The molecule has 26 heavy (non-hydrogen) atoms. The van der Waals surface area contributed by atoms with Crippen molar-refractivity contribution in [3.05, 3.63) is 77.9 Å². The number of aromatic nitrogens is 2. The minimum absolute atomic E-state index is 0.0157. The van der Waals surface area contributed by atoms with Crippen LogP contribution in [0.5, 0.6) is 0 Å². The second kappa shape index (κ2) is 8.56. The van der Waals surface area contributed by atoms with Crippen molar-refractivity contribution in [1.29, 1.82) is 0 Å². The number of nitrogens with one attached hydrogen (secondary N) is 1. The van der Waals surface area contributed by atoms with Crippen LogP contribution in [0.2, 0.25) is 0 Å². The zero-order valence-corrected chi connectivity index (χ0v) is 15.0. The Kier molecular flexibility index (Phi) is 5.94. The van der Waals surface area contributed by atoms with Gasteiger partial charge in [-0.1, -0.05) is 18.7 Å². The van der Waals surface area contributed by atoms with E-state index in [1.807, 2.05) is 48.0 Å². The lowest BCUT2D eigenvalue weighted by atomic mass is 10.1. The second-order valence-electron chi connectivity index (χ2n) is 6.18. The van der Waals surface area contributed by atoms with E-state index < -0.39 is 0 Å². The van der Waals surface area contributed by atoms with E-state index in [0.717, 1.165) is 47.7 Å². The lowest BCUT2D eigenvalue weighted by Gasteiger charge is -2.14. The van der Waals surface area contributed by atoms with E-state index in [0.29, 0.717) is 0 Å². The molecule has 3 heterocycles. The van der Waals surface area contributed by atoms with Crippen LogP contribution in [-0.4, -0.2) is 40.4 Å². The molecule has 0 aliphatic carbocycles. The fourth-order valence-corrected chi connectivity index (χ4v) is 2.90.